The van der Waals surface area contributed by atoms with E-state index in [1.807, 2.05) is 27.7 Å². The molecule has 1 atom stereocenters. The fourth-order valence-corrected chi connectivity index (χ4v) is 2.44. The van der Waals surface area contributed by atoms with Gasteiger partial charge in [-0.15, -0.1) is 0 Å². The van der Waals surface area contributed by atoms with Gasteiger partial charge in [-0.05, 0) is 46.5 Å². The molecule has 0 spiro atoms. The molecule has 130 valence electrons. The van der Waals surface area contributed by atoms with Crippen LogP contribution >= 0.6 is 0 Å². The summed E-state index contributed by atoms with van der Waals surface area (Å²) in [5, 5.41) is 8.70. The Morgan fingerprint density at radius 2 is 1.77 bits per heavy atom. The quantitative estimate of drug-likeness (QED) is 0.414. The number of aliphatic hydroxyl groups excluding tert-OH is 1. The van der Waals surface area contributed by atoms with E-state index in [0.717, 1.165) is 44.9 Å². The number of aliphatic hydroxyl groups is 1. The van der Waals surface area contributed by atoms with Gasteiger partial charge < -0.3 is 9.84 Å². The van der Waals surface area contributed by atoms with Crippen molar-refractivity contribution < 1.29 is 19.4 Å². The standard InChI is InChI=1S/C18H34O4/c1-5-22-17(21)18(3,4)13-9-8-11-15(2)16(20)12-7-6-10-14-19/h15,19H,5-14H2,1-4H3. The lowest BCUT2D eigenvalue weighted by Gasteiger charge is -2.22. The molecule has 0 aromatic heterocycles. The molecule has 0 aliphatic heterocycles. The van der Waals surface area contributed by atoms with Gasteiger partial charge in [0.2, 0.25) is 0 Å². The summed E-state index contributed by atoms with van der Waals surface area (Å²) in [6, 6.07) is 0. The number of Topliss-reactive ketones (excluding diaryl/α,β-unsaturated/α-hetero) is 1. The summed E-state index contributed by atoms with van der Waals surface area (Å²) in [6.45, 7) is 8.28. The molecule has 1 N–H and O–H groups in total. The summed E-state index contributed by atoms with van der Waals surface area (Å²) in [6.07, 6.45) is 6.78. The zero-order valence-electron chi connectivity index (χ0n) is 14.8. The minimum absolute atomic E-state index is 0.0971. The predicted octanol–water partition coefficient (Wildman–Crippen LogP) is 3.89. The number of carbonyl (C=O) groups excluding carboxylic acids is 2. The molecule has 0 rings (SSSR count). The van der Waals surface area contributed by atoms with Crippen LogP contribution < -0.4 is 0 Å². The fourth-order valence-electron chi connectivity index (χ4n) is 2.44. The lowest BCUT2D eigenvalue weighted by atomic mass is 9.86. The predicted molar refractivity (Wildman–Crippen MR) is 88.6 cm³/mol. The van der Waals surface area contributed by atoms with Crippen molar-refractivity contribution in [2.24, 2.45) is 11.3 Å². The van der Waals surface area contributed by atoms with Crippen molar-refractivity contribution in [2.45, 2.75) is 79.1 Å². The first-order valence-electron chi connectivity index (χ1n) is 8.66. The van der Waals surface area contributed by atoms with Crippen LogP contribution in [0.15, 0.2) is 0 Å². The van der Waals surface area contributed by atoms with E-state index in [4.69, 9.17) is 9.84 Å². The molecule has 0 aliphatic carbocycles. The van der Waals surface area contributed by atoms with Crippen molar-refractivity contribution in [2.75, 3.05) is 13.2 Å². The second-order valence-electron chi connectivity index (χ2n) is 6.75. The highest BCUT2D eigenvalue weighted by Crippen LogP contribution is 2.26. The molecule has 0 bridgehead atoms. The Morgan fingerprint density at radius 1 is 1.09 bits per heavy atom. The Kier molecular flexibility index (Phi) is 11.2. The normalized spacial score (nSPS) is 13.0. The molecule has 0 heterocycles. The SMILES string of the molecule is CCOC(=O)C(C)(C)CCCCC(C)C(=O)CCCCCO. The molecule has 4 heteroatoms. The molecule has 0 fully saturated rings. The first-order valence-corrected chi connectivity index (χ1v) is 8.66. The van der Waals surface area contributed by atoms with Gasteiger partial charge in [0.1, 0.15) is 5.78 Å². The summed E-state index contributed by atoms with van der Waals surface area (Å²) >= 11 is 0. The highest BCUT2D eigenvalue weighted by Gasteiger charge is 2.28. The number of rotatable bonds is 13. The first-order chi connectivity index (χ1) is 10.3. The van der Waals surface area contributed by atoms with Crippen LogP contribution in [0, 0.1) is 11.3 Å². The molecule has 0 saturated heterocycles. The van der Waals surface area contributed by atoms with Crippen molar-refractivity contribution >= 4 is 11.8 Å². The van der Waals surface area contributed by atoms with Gasteiger partial charge in [0, 0.05) is 18.9 Å². The van der Waals surface area contributed by atoms with Gasteiger partial charge in [-0.2, -0.15) is 0 Å². The summed E-state index contributed by atoms with van der Waals surface area (Å²) in [7, 11) is 0. The van der Waals surface area contributed by atoms with Gasteiger partial charge in [0.05, 0.1) is 12.0 Å². The van der Waals surface area contributed by atoms with Crippen LogP contribution in [0.5, 0.6) is 0 Å². The third-order valence-corrected chi connectivity index (χ3v) is 4.15. The number of ketones is 1. The molecule has 1 unspecified atom stereocenters. The van der Waals surface area contributed by atoms with Crippen molar-refractivity contribution in [1.29, 1.82) is 0 Å². The number of hydrogen-bond acceptors (Lipinski definition) is 4. The van der Waals surface area contributed by atoms with E-state index in [0.29, 0.717) is 18.8 Å². The molecule has 0 amide bonds. The first kappa shape index (κ1) is 21.1. The topological polar surface area (TPSA) is 63.6 Å². The van der Waals surface area contributed by atoms with E-state index in [1.54, 1.807) is 0 Å². The van der Waals surface area contributed by atoms with Crippen molar-refractivity contribution in [3.63, 3.8) is 0 Å². The lowest BCUT2D eigenvalue weighted by Crippen LogP contribution is -2.26. The third kappa shape index (κ3) is 9.19. The largest absolute Gasteiger partial charge is 0.466 e. The number of unbranched alkanes of at least 4 members (excludes halogenated alkanes) is 3. The Hall–Kier alpha value is -0.900. The summed E-state index contributed by atoms with van der Waals surface area (Å²) < 4.78 is 5.08. The average Bonchev–Trinajstić information content (AvgIpc) is 2.47. The van der Waals surface area contributed by atoms with E-state index < -0.39 is 5.41 Å². The Balaban J connectivity index is 3.85. The van der Waals surface area contributed by atoms with Crippen LogP contribution in [0.4, 0.5) is 0 Å². The lowest BCUT2D eigenvalue weighted by molar-refractivity contribution is -0.153. The highest BCUT2D eigenvalue weighted by molar-refractivity contribution is 5.80. The maximum Gasteiger partial charge on any atom is 0.311 e. The molecule has 0 aromatic rings. The van der Waals surface area contributed by atoms with Gasteiger partial charge in [0.15, 0.2) is 0 Å². The van der Waals surface area contributed by atoms with Crippen LogP contribution in [0.2, 0.25) is 0 Å². The van der Waals surface area contributed by atoms with E-state index in [-0.39, 0.29) is 18.5 Å². The zero-order valence-corrected chi connectivity index (χ0v) is 14.8. The summed E-state index contributed by atoms with van der Waals surface area (Å²) in [5.41, 5.74) is -0.437. The third-order valence-electron chi connectivity index (χ3n) is 4.15. The number of carbonyl (C=O) groups is 2. The minimum Gasteiger partial charge on any atom is -0.466 e. The van der Waals surface area contributed by atoms with Crippen LogP contribution in [0.25, 0.3) is 0 Å². The van der Waals surface area contributed by atoms with Crippen molar-refractivity contribution in [1.82, 2.24) is 0 Å². The van der Waals surface area contributed by atoms with E-state index >= 15 is 0 Å². The van der Waals surface area contributed by atoms with Crippen LogP contribution in [-0.2, 0) is 14.3 Å². The maximum absolute atomic E-state index is 12.0. The van der Waals surface area contributed by atoms with Crippen molar-refractivity contribution in [3.8, 4) is 0 Å². The van der Waals surface area contributed by atoms with Crippen molar-refractivity contribution in [3.05, 3.63) is 0 Å². The molecule has 0 saturated carbocycles. The van der Waals surface area contributed by atoms with Crippen LogP contribution in [-0.4, -0.2) is 30.1 Å². The summed E-state index contributed by atoms with van der Waals surface area (Å²) in [4.78, 5) is 23.7. The van der Waals surface area contributed by atoms with Crippen LogP contribution in [0.3, 0.4) is 0 Å². The number of ether oxygens (including phenoxy) is 1. The molecular formula is C18H34O4. The van der Waals surface area contributed by atoms with Gasteiger partial charge in [0.25, 0.3) is 0 Å². The number of esters is 1. The minimum atomic E-state index is -0.437. The van der Waals surface area contributed by atoms with Gasteiger partial charge in [-0.1, -0.05) is 26.2 Å². The second-order valence-corrected chi connectivity index (χ2v) is 6.75. The molecule has 0 aliphatic rings. The van der Waals surface area contributed by atoms with E-state index in [2.05, 4.69) is 0 Å². The second kappa shape index (κ2) is 11.6. The fraction of sp³-hybridized carbons (Fsp3) is 0.889. The van der Waals surface area contributed by atoms with Gasteiger partial charge in [-0.3, -0.25) is 9.59 Å². The Labute approximate surface area is 135 Å². The van der Waals surface area contributed by atoms with E-state index in [1.165, 1.54) is 0 Å². The monoisotopic (exact) mass is 314 g/mol. The highest BCUT2D eigenvalue weighted by atomic mass is 16.5. The molecule has 4 nitrogen and oxygen atoms in total. The van der Waals surface area contributed by atoms with Gasteiger partial charge in [-0.25, -0.2) is 0 Å². The Bertz CT molecular complexity index is 323. The molecular weight excluding hydrogens is 280 g/mol. The van der Waals surface area contributed by atoms with Gasteiger partial charge >= 0.3 is 5.97 Å². The number of hydrogen-bond donors (Lipinski definition) is 1. The average molecular weight is 314 g/mol. The Morgan fingerprint density at radius 3 is 2.36 bits per heavy atom. The smallest absolute Gasteiger partial charge is 0.311 e. The molecule has 0 aromatic carbocycles. The zero-order chi connectivity index (χ0) is 17.0. The molecule has 22 heavy (non-hydrogen) atoms. The van der Waals surface area contributed by atoms with Crippen LogP contribution in [0.1, 0.15) is 79.1 Å². The van der Waals surface area contributed by atoms with E-state index in [9.17, 15) is 9.59 Å². The molecule has 0 radical (unpaired) electrons. The summed E-state index contributed by atoms with van der Waals surface area (Å²) in [5.74, 6) is 0.283. The maximum atomic E-state index is 12.0.